The molecule has 0 saturated carbocycles. The lowest BCUT2D eigenvalue weighted by Crippen LogP contribution is -2.21. The van der Waals surface area contributed by atoms with Crippen LogP contribution in [0.4, 0.5) is 15.8 Å². The molecule has 2 heterocycles. The fourth-order valence-corrected chi connectivity index (χ4v) is 5.03. The second-order valence-corrected chi connectivity index (χ2v) is 10.3. The lowest BCUT2D eigenvalue weighted by atomic mass is 9.98. The molecule has 3 N–H and O–H groups in total. The van der Waals surface area contributed by atoms with Gasteiger partial charge in [-0.1, -0.05) is 36.4 Å². The Labute approximate surface area is 224 Å². The summed E-state index contributed by atoms with van der Waals surface area (Å²) in [6.07, 6.45) is 0. The molecule has 5 rings (SSSR count). The molecule has 0 bridgehead atoms. The van der Waals surface area contributed by atoms with Crippen LogP contribution in [0.1, 0.15) is 31.9 Å². The number of rotatable bonds is 8. The van der Waals surface area contributed by atoms with E-state index in [0.29, 0.717) is 33.9 Å². The highest BCUT2D eigenvalue weighted by atomic mass is 32.1. The van der Waals surface area contributed by atoms with E-state index in [-0.39, 0.29) is 11.8 Å². The molecule has 4 aromatic rings. The fourth-order valence-electron chi connectivity index (χ4n) is 4.39. The van der Waals surface area contributed by atoms with Crippen molar-refractivity contribution in [2.45, 2.75) is 13.1 Å². The number of benzene rings is 3. The zero-order valence-electron chi connectivity index (χ0n) is 21.0. The monoisotopic (exact) mass is 526 g/mol. The van der Waals surface area contributed by atoms with Gasteiger partial charge in [0.1, 0.15) is 5.82 Å². The first kappa shape index (κ1) is 25.4. The van der Waals surface area contributed by atoms with Crippen molar-refractivity contribution in [1.29, 1.82) is 0 Å². The predicted molar refractivity (Wildman–Crippen MR) is 151 cm³/mol. The highest BCUT2D eigenvalue weighted by molar-refractivity contribution is 7.12. The second kappa shape index (κ2) is 11.0. The number of hydrogen-bond acceptors (Lipinski definition) is 5. The van der Waals surface area contributed by atoms with Crippen LogP contribution in [0.2, 0.25) is 0 Å². The van der Waals surface area contributed by atoms with Crippen molar-refractivity contribution in [3.05, 3.63) is 117 Å². The third kappa shape index (κ3) is 5.66. The summed E-state index contributed by atoms with van der Waals surface area (Å²) in [5.41, 5.74) is 5.72. The van der Waals surface area contributed by atoms with Crippen molar-refractivity contribution < 1.29 is 14.0 Å². The number of amides is 2. The van der Waals surface area contributed by atoms with E-state index < -0.39 is 5.82 Å². The summed E-state index contributed by atoms with van der Waals surface area (Å²) in [7, 11) is 4.03. The van der Waals surface area contributed by atoms with Crippen molar-refractivity contribution in [3.63, 3.8) is 0 Å². The number of nitrogens with one attached hydrogen (secondary N) is 3. The number of anilines is 2. The summed E-state index contributed by atoms with van der Waals surface area (Å²) in [6, 6.07) is 23.6. The molecule has 3 aromatic carbocycles. The Bertz CT molecular complexity index is 1510. The van der Waals surface area contributed by atoms with Crippen LogP contribution in [0.5, 0.6) is 0 Å². The van der Waals surface area contributed by atoms with E-state index in [1.165, 1.54) is 23.5 Å². The molecule has 6 nitrogen and oxygen atoms in total. The Hall–Kier alpha value is -4.27. The first-order chi connectivity index (χ1) is 18.4. The first-order valence-electron chi connectivity index (χ1n) is 12.1. The van der Waals surface area contributed by atoms with Gasteiger partial charge >= 0.3 is 0 Å². The van der Waals surface area contributed by atoms with E-state index in [1.54, 1.807) is 12.1 Å². The van der Waals surface area contributed by atoms with Crippen molar-refractivity contribution in [2.24, 2.45) is 0 Å². The summed E-state index contributed by atoms with van der Waals surface area (Å²) in [6.45, 7) is 1.15. The molecule has 38 heavy (non-hydrogen) atoms. The maximum absolute atomic E-state index is 13.9. The van der Waals surface area contributed by atoms with E-state index in [9.17, 15) is 14.0 Å². The van der Waals surface area contributed by atoms with Crippen molar-refractivity contribution in [1.82, 2.24) is 10.2 Å². The average molecular weight is 527 g/mol. The smallest absolute Gasteiger partial charge is 0.261 e. The molecule has 2 amide bonds. The van der Waals surface area contributed by atoms with Gasteiger partial charge < -0.3 is 20.9 Å². The molecule has 0 fully saturated rings. The SMILES string of the molecule is CN(C)Cc1ccc(NC(=C2C(=O)Nc3cc(F)ccc32)c2cccc(CNC(=O)c3cccs3)c2)cc1. The number of fused-ring (bicyclic) bond motifs is 1. The van der Waals surface area contributed by atoms with Gasteiger partial charge in [-0.3, -0.25) is 9.59 Å². The van der Waals surface area contributed by atoms with Gasteiger partial charge in [0, 0.05) is 24.3 Å². The number of halogens is 1. The van der Waals surface area contributed by atoms with Crippen LogP contribution >= 0.6 is 11.3 Å². The van der Waals surface area contributed by atoms with Gasteiger partial charge in [-0.25, -0.2) is 4.39 Å². The van der Waals surface area contributed by atoms with Crippen molar-refractivity contribution in [3.8, 4) is 0 Å². The molecule has 0 unspecified atom stereocenters. The summed E-state index contributed by atoms with van der Waals surface area (Å²) in [4.78, 5) is 28.3. The van der Waals surface area contributed by atoms with E-state index in [0.717, 1.165) is 28.9 Å². The topological polar surface area (TPSA) is 73.5 Å². The minimum atomic E-state index is -0.417. The number of carbonyl (C=O) groups is 2. The minimum Gasteiger partial charge on any atom is -0.354 e. The van der Waals surface area contributed by atoms with Crippen molar-refractivity contribution >= 4 is 45.8 Å². The van der Waals surface area contributed by atoms with Crippen LogP contribution < -0.4 is 16.0 Å². The van der Waals surface area contributed by atoms with E-state index in [2.05, 4.69) is 20.9 Å². The van der Waals surface area contributed by atoms with Crippen LogP contribution in [0, 0.1) is 5.82 Å². The minimum absolute atomic E-state index is 0.133. The van der Waals surface area contributed by atoms with Gasteiger partial charge in [0.05, 0.1) is 21.8 Å². The highest BCUT2D eigenvalue weighted by Crippen LogP contribution is 2.38. The van der Waals surface area contributed by atoms with E-state index in [4.69, 9.17) is 0 Å². The largest absolute Gasteiger partial charge is 0.354 e. The average Bonchev–Trinajstić information content (AvgIpc) is 3.54. The third-order valence-electron chi connectivity index (χ3n) is 6.11. The normalized spacial score (nSPS) is 13.7. The molecule has 0 radical (unpaired) electrons. The Kier molecular flexibility index (Phi) is 7.35. The molecule has 192 valence electrons. The molecule has 1 aliphatic heterocycles. The highest BCUT2D eigenvalue weighted by Gasteiger charge is 2.29. The van der Waals surface area contributed by atoms with Crippen molar-refractivity contribution in [2.75, 3.05) is 24.7 Å². The van der Waals surface area contributed by atoms with Crippen LogP contribution in [-0.2, 0) is 17.9 Å². The fraction of sp³-hybridized carbons (Fsp3) is 0.133. The van der Waals surface area contributed by atoms with Crippen LogP contribution in [0.25, 0.3) is 11.3 Å². The molecule has 0 spiro atoms. The molecule has 0 atom stereocenters. The Morgan fingerprint density at radius 2 is 1.79 bits per heavy atom. The number of hydrogen-bond donors (Lipinski definition) is 3. The van der Waals surface area contributed by atoms with Gasteiger partial charge in [-0.15, -0.1) is 11.3 Å². The van der Waals surface area contributed by atoms with Crippen LogP contribution in [-0.4, -0.2) is 30.8 Å². The molecule has 8 heteroatoms. The molecular weight excluding hydrogens is 499 g/mol. The summed E-state index contributed by atoms with van der Waals surface area (Å²) >= 11 is 1.39. The van der Waals surface area contributed by atoms with E-state index in [1.807, 2.05) is 74.1 Å². The zero-order chi connectivity index (χ0) is 26.6. The Morgan fingerprint density at radius 3 is 2.53 bits per heavy atom. The first-order valence-corrected chi connectivity index (χ1v) is 13.0. The maximum atomic E-state index is 13.9. The Balaban J connectivity index is 1.51. The summed E-state index contributed by atoms with van der Waals surface area (Å²) in [5.74, 6) is -0.862. The van der Waals surface area contributed by atoms with Gasteiger partial charge in [0.2, 0.25) is 0 Å². The summed E-state index contributed by atoms with van der Waals surface area (Å²) < 4.78 is 13.9. The lowest BCUT2D eigenvalue weighted by Gasteiger charge is -2.17. The molecule has 1 aromatic heterocycles. The predicted octanol–water partition coefficient (Wildman–Crippen LogP) is 5.81. The van der Waals surface area contributed by atoms with Crippen LogP contribution in [0.3, 0.4) is 0 Å². The van der Waals surface area contributed by atoms with E-state index >= 15 is 0 Å². The second-order valence-electron chi connectivity index (χ2n) is 9.31. The lowest BCUT2D eigenvalue weighted by molar-refractivity contribution is -0.110. The zero-order valence-corrected chi connectivity index (χ0v) is 21.9. The molecule has 1 aliphatic rings. The maximum Gasteiger partial charge on any atom is 0.261 e. The number of carbonyl (C=O) groups excluding carboxylic acids is 2. The number of nitrogens with zero attached hydrogens (tertiary/aromatic N) is 1. The quantitative estimate of drug-likeness (QED) is 0.253. The molecular formula is C30H27FN4O2S. The molecule has 0 saturated heterocycles. The standard InChI is InChI=1S/C30H27FN4O2S/c1-35(2)18-19-8-11-23(12-9-19)33-28(27-24-13-10-22(31)16-25(24)34-30(27)37)21-6-3-5-20(15-21)17-32-29(36)26-7-4-14-38-26/h3-16,33H,17-18H2,1-2H3,(H,32,36)(H,34,37). The summed E-state index contributed by atoms with van der Waals surface area (Å²) in [5, 5.41) is 11.0. The number of thiophene rings is 1. The third-order valence-corrected chi connectivity index (χ3v) is 6.98. The molecule has 0 aliphatic carbocycles. The van der Waals surface area contributed by atoms with Gasteiger partial charge in [-0.05, 0) is 78.6 Å². The Morgan fingerprint density at radius 1 is 0.974 bits per heavy atom. The van der Waals surface area contributed by atoms with Gasteiger partial charge in [-0.2, -0.15) is 0 Å². The van der Waals surface area contributed by atoms with Gasteiger partial charge in [0.15, 0.2) is 0 Å². The van der Waals surface area contributed by atoms with Gasteiger partial charge in [0.25, 0.3) is 11.8 Å². The van der Waals surface area contributed by atoms with Crippen LogP contribution in [0.15, 0.2) is 84.2 Å².